The zero-order valence-corrected chi connectivity index (χ0v) is 18.0. The molecule has 0 saturated carbocycles. The third-order valence-corrected chi connectivity index (χ3v) is 4.93. The predicted octanol–water partition coefficient (Wildman–Crippen LogP) is 4.91. The maximum atomic E-state index is 12.4. The molecular formula is C25H23N3O4. The monoisotopic (exact) mass is 429 g/mol. The van der Waals surface area contributed by atoms with Crippen LogP contribution in [0.2, 0.25) is 0 Å². The van der Waals surface area contributed by atoms with E-state index in [1.165, 1.54) is 6.08 Å². The first-order chi connectivity index (χ1) is 15.6. The van der Waals surface area contributed by atoms with E-state index in [4.69, 9.17) is 14.2 Å². The molecule has 7 heteroatoms. The Kier molecular flexibility index (Phi) is 6.07. The van der Waals surface area contributed by atoms with Crippen LogP contribution in [0, 0.1) is 0 Å². The van der Waals surface area contributed by atoms with Crippen LogP contribution in [0.25, 0.3) is 28.5 Å². The number of para-hydroxylation sites is 2. The summed E-state index contributed by atoms with van der Waals surface area (Å²) < 4.78 is 16.0. The van der Waals surface area contributed by atoms with Gasteiger partial charge in [-0.05, 0) is 60.2 Å². The smallest absolute Gasteiger partial charge is 0.248 e. The molecule has 2 N–H and O–H groups in total. The van der Waals surface area contributed by atoms with Gasteiger partial charge in [-0.1, -0.05) is 12.1 Å². The number of aromatic nitrogens is 2. The quantitative estimate of drug-likeness (QED) is 0.408. The number of fused-ring (bicyclic) bond motifs is 1. The molecule has 162 valence electrons. The van der Waals surface area contributed by atoms with Gasteiger partial charge < -0.3 is 24.5 Å². The molecule has 1 heterocycles. The van der Waals surface area contributed by atoms with Gasteiger partial charge in [0.1, 0.15) is 5.82 Å². The number of hydrogen-bond acceptors (Lipinski definition) is 5. The molecule has 0 atom stereocenters. The van der Waals surface area contributed by atoms with Gasteiger partial charge >= 0.3 is 0 Å². The lowest BCUT2D eigenvalue weighted by Crippen LogP contribution is -2.07. The molecule has 0 aliphatic carbocycles. The van der Waals surface area contributed by atoms with Gasteiger partial charge in [-0.3, -0.25) is 4.79 Å². The number of anilines is 1. The molecule has 1 aromatic heterocycles. The molecule has 7 nitrogen and oxygen atoms in total. The van der Waals surface area contributed by atoms with Crippen molar-refractivity contribution in [3.63, 3.8) is 0 Å². The fraction of sp³-hybridized carbons (Fsp3) is 0.120. The van der Waals surface area contributed by atoms with Crippen molar-refractivity contribution in [2.24, 2.45) is 0 Å². The van der Waals surface area contributed by atoms with Crippen LogP contribution in [0.15, 0.2) is 66.7 Å². The normalized spacial score (nSPS) is 11.0. The summed E-state index contributed by atoms with van der Waals surface area (Å²) in [6, 6.07) is 18.9. The molecule has 32 heavy (non-hydrogen) atoms. The predicted molar refractivity (Wildman–Crippen MR) is 125 cm³/mol. The lowest BCUT2D eigenvalue weighted by molar-refractivity contribution is -0.111. The Morgan fingerprint density at radius 3 is 2.25 bits per heavy atom. The number of nitrogens with zero attached hydrogens (tertiary/aromatic N) is 1. The molecule has 0 bridgehead atoms. The molecule has 0 saturated heterocycles. The van der Waals surface area contributed by atoms with Crippen molar-refractivity contribution < 1.29 is 19.0 Å². The van der Waals surface area contributed by atoms with E-state index in [9.17, 15) is 4.79 Å². The van der Waals surface area contributed by atoms with Crippen molar-refractivity contribution in [3.8, 4) is 28.6 Å². The molecule has 4 aromatic rings. The molecule has 4 rings (SSSR count). The van der Waals surface area contributed by atoms with E-state index in [0.717, 1.165) is 28.0 Å². The summed E-state index contributed by atoms with van der Waals surface area (Å²) >= 11 is 0. The van der Waals surface area contributed by atoms with E-state index in [2.05, 4.69) is 15.3 Å². The van der Waals surface area contributed by atoms with Gasteiger partial charge in [0.15, 0.2) is 11.5 Å². The highest BCUT2D eigenvalue weighted by molar-refractivity contribution is 6.02. The fourth-order valence-electron chi connectivity index (χ4n) is 3.35. The summed E-state index contributed by atoms with van der Waals surface area (Å²) in [6.07, 6.45) is 3.14. The number of rotatable bonds is 7. The second-order valence-electron chi connectivity index (χ2n) is 6.96. The Bertz CT molecular complexity index is 1220. The van der Waals surface area contributed by atoms with Crippen molar-refractivity contribution in [1.82, 2.24) is 9.97 Å². The number of methoxy groups -OCH3 is 3. The van der Waals surface area contributed by atoms with Crippen LogP contribution in [0.3, 0.4) is 0 Å². The average Bonchev–Trinajstić information content (AvgIpc) is 3.26. The van der Waals surface area contributed by atoms with E-state index in [1.54, 1.807) is 39.5 Å². The fourth-order valence-corrected chi connectivity index (χ4v) is 3.35. The van der Waals surface area contributed by atoms with Gasteiger partial charge in [0.2, 0.25) is 11.7 Å². The third kappa shape index (κ3) is 4.41. The number of amides is 1. The number of hydrogen-bond donors (Lipinski definition) is 2. The van der Waals surface area contributed by atoms with Crippen molar-refractivity contribution in [1.29, 1.82) is 0 Å². The summed E-state index contributed by atoms with van der Waals surface area (Å²) in [5.41, 5.74) is 4.26. The van der Waals surface area contributed by atoms with Crippen LogP contribution in [0.1, 0.15) is 5.56 Å². The summed E-state index contributed by atoms with van der Waals surface area (Å²) in [6.45, 7) is 0. The van der Waals surface area contributed by atoms with Crippen LogP contribution in [0.4, 0.5) is 5.69 Å². The second kappa shape index (κ2) is 9.26. The average molecular weight is 429 g/mol. The van der Waals surface area contributed by atoms with Crippen molar-refractivity contribution in [3.05, 3.63) is 72.3 Å². The van der Waals surface area contributed by atoms with Crippen LogP contribution >= 0.6 is 0 Å². The number of H-pyrrole nitrogens is 1. The first kappa shape index (κ1) is 21.0. The topological polar surface area (TPSA) is 85.5 Å². The van der Waals surface area contributed by atoms with Crippen LogP contribution < -0.4 is 19.5 Å². The van der Waals surface area contributed by atoms with E-state index in [1.807, 2.05) is 48.5 Å². The molecule has 0 aliphatic heterocycles. The van der Waals surface area contributed by atoms with E-state index < -0.39 is 0 Å². The number of carbonyl (C=O) groups is 1. The summed E-state index contributed by atoms with van der Waals surface area (Å²) in [4.78, 5) is 20.3. The van der Waals surface area contributed by atoms with Crippen LogP contribution in [0.5, 0.6) is 17.2 Å². The Morgan fingerprint density at radius 2 is 1.62 bits per heavy atom. The Balaban J connectivity index is 1.45. The highest BCUT2D eigenvalue weighted by Gasteiger charge is 2.12. The summed E-state index contributed by atoms with van der Waals surface area (Å²) in [5, 5.41) is 2.85. The molecule has 0 spiro atoms. The molecule has 3 aromatic carbocycles. The molecular weight excluding hydrogens is 406 g/mol. The SMILES string of the molecule is COc1cc(/C=C/C(=O)Nc2ccc(-c3nc4ccccc4[nH]3)cc2)cc(OC)c1OC. The third-order valence-electron chi connectivity index (χ3n) is 4.93. The summed E-state index contributed by atoms with van der Waals surface area (Å²) in [5.74, 6) is 2.07. The lowest BCUT2D eigenvalue weighted by Gasteiger charge is -2.12. The molecule has 0 fully saturated rings. The largest absolute Gasteiger partial charge is 0.493 e. The highest BCUT2D eigenvalue weighted by atomic mass is 16.5. The maximum Gasteiger partial charge on any atom is 0.248 e. The zero-order chi connectivity index (χ0) is 22.5. The molecule has 0 radical (unpaired) electrons. The standard InChI is InChI=1S/C25H23N3O4/c1-30-21-14-16(15-22(31-2)24(21)32-3)8-13-23(29)26-18-11-9-17(10-12-18)25-27-19-6-4-5-7-20(19)28-25/h4-15H,1-3H3,(H,26,29)(H,27,28)/b13-8+. The minimum absolute atomic E-state index is 0.254. The number of nitrogens with one attached hydrogen (secondary N) is 2. The number of carbonyl (C=O) groups excluding carboxylic acids is 1. The minimum atomic E-state index is -0.254. The van der Waals surface area contributed by atoms with Gasteiger partial charge in [-0.25, -0.2) is 4.98 Å². The highest BCUT2D eigenvalue weighted by Crippen LogP contribution is 2.38. The number of benzene rings is 3. The van der Waals surface area contributed by atoms with Gasteiger partial charge in [0.05, 0.1) is 32.4 Å². The maximum absolute atomic E-state index is 12.4. The number of aromatic amines is 1. The van der Waals surface area contributed by atoms with Crippen LogP contribution in [-0.4, -0.2) is 37.2 Å². The van der Waals surface area contributed by atoms with Gasteiger partial charge in [0, 0.05) is 17.3 Å². The van der Waals surface area contributed by atoms with E-state index in [0.29, 0.717) is 22.9 Å². The van der Waals surface area contributed by atoms with Crippen LogP contribution in [-0.2, 0) is 4.79 Å². The van der Waals surface area contributed by atoms with Gasteiger partial charge in [-0.15, -0.1) is 0 Å². The van der Waals surface area contributed by atoms with Crippen molar-refractivity contribution in [2.75, 3.05) is 26.6 Å². The lowest BCUT2D eigenvalue weighted by atomic mass is 10.1. The zero-order valence-electron chi connectivity index (χ0n) is 18.0. The Morgan fingerprint density at radius 1 is 0.938 bits per heavy atom. The molecule has 1 amide bonds. The Hall–Kier alpha value is -4.26. The number of ether oxygens (including phenoxy) is 3. The number of imidazole rings is 1. The van der Waals surface area contributed by atoms with Crippen molar-refractivity contribution in [2.45, 2.75) is 0 Å². The van der Waals surface area contributed by atoms with E-state index in [-0.39, 0.29) is 5.91 Å². The second-order valence-corrected chi connectivity index (χ2v) is 6.96. The first-order valence-corrected chi connectivity index (χ1v) is 9.95. The van der Waals surface area contributed by atoms with Gasteiger partial charge in [-0.2, -0.15) is 0 Å². The van der Waals surface area contributed by atoms with Gasteiger partial charge in [0.25, 0.3) is 0 Å². The summed E-state index contributed by atoms with van der Waals surface area (Å²) in [7, 11) is 4.64. The minimum Gasteiger partial charge on any atom is -0.493 e. The van der Waals surface area contributed by atoms with Crippen molar-refractivity contribution >= 4 is 28.7 Å². The first-order valence-electron chi connectivity index (χ1n) is 9.95. The molecule has 0 aliphatic rings. The Labute approximate surface area is 185 Å². The van der Waals surface area contributed by atoms with E-state index >= 15 is 0 Å². The molecule has 0 unspecified atom stereocenters.